The van der Waals surface area contributed by atoms with Crippen LogP contribution < -0.4 is 4.74 Å². The minimum atomic E-state index is -0.316. The van der Waals surface area contributed by atoms with Gasteiger partial charge in [0.05, 0.1) is 6.61 Å². The first kappa shape index (κ1) is 15.2. The lowest BCUT2D eigenvalue weighted by molar-refractivity contribution is -0.281. The van der Waals surface area contributed by atoms with Gasteiger partial charge in [0.15, 0.2) is 11.4 Å². The fraction of sp³-hybridized carbons (Fsp3) is 0.478. The maximum absolute atomic E-state index is 6.90. The molecule has 0 unspecified atom stereocenters. The van der Waals surface area contributed by atoms with E-state index in [1.807, 2.05) is 0 Å². The van der Waals surface area contributed by atoms with Crippen LogP contribution in [0.4, 0.5) is 0 Å². The van der Waals surface area contributed by atoms with Crippen molar-refractivity contribution in [3.05, 3.63) is 65.7 Å². The van der Waals surface area contributed by atoms with Crippen molar-refractivity contribution in [3.63, 3.8) is 0 Å². The number of benzene rings is 2. The van der Waals surface area contributed by atoms with Crippen molar-refractivity contribution in [1.82, 2.24) is 4.90 Å². The van der Waals surface area contributed by atoms with Crippen LogP contribution in [0.5, 0.6) is 5.75 Å². The fourth-order valence-corrected chi connectivity index (χ4v) is 6.31. The highest BCUT2D eigenvalue weighted by Crippen LogP contribution is 2.64. The molecule has 134 valence electrons. The molecule has 26 heavy (non-hydrogen) atoms. The molecule has 1 spiro atoms. The Hall–Kier alpha value is -1.84. The molecule has 3 heterocycles. The lowest BCUT2D eigenvalue weighted by Crippen LogP contribution is -2.71. The van der Waals surface area contributed by atoms with E-state index in [2.05, 4.69) is 59.5 Å². The summed E-state index contributed by atoms with van der Waals surface area (Å²) in [4.78, 5) is 2.60. The van der Waals surface area contributed by atoms with Gasteiger partial charge in [-0.25, -0.2) is 4.90 Å². The van der Waals surface area contributed by atoms with Gasteiger partial charge in [-0.3, -0.25) is 0 Å². The Kier molecular flexibility index (Phi) is 3.13. The average Bonchev–Trinajstić information content (AvgIpc) is 3.15. The molecule has 0 amide bonds. The maximum atomic E-state index is 6.90. The van der Waals surface area contributed by atoms with E-state index >= 15 is 0 Å². The fourth-order valence-electron chi connectivity index (χ4n) is 6.31. The minimum Gasteiger partial charge on any atom is -0.472 e. The molecule has 3 nitrogen and oxygen atoms in total. The third-order valence-corrected chi connectivity index (χ3v) is 7.23. The number of fused-ring (bicyclic) bond motifs is 1. The zero-order valence-electron chi connectivity index (χ0n) is 15.1. The first-order chi connectivity index (χ1) is 12.8. The smallest absolute Gasteiger partial charge is 0.169 e. The van der Waals surface area contributed by atoms with E-state index in [0.717, 1.165) is 31.7 Å². The molecular formula is C23H25NO2. The lowest BCUT2D eigenvalue weighted by atomic mass is 9.62. The van der Waals surface area contributed by atoms with Crippen LogP contribution in [0, 0.1) is 5.92 Å². The van der Waals surface area contributed by atoms with E-state index in [-0.39, 0.29) is 11.4 Å². The Labute approximate surface area is 154 Å². The van der Waals surface area contributed by atoms with Gasteiger partial charge in [-0.15, -0.1) is 0 Å². The van der Waals surface area contributed by atoms with E-state index < -0.39 is 0 Å². The highest BCUT2D eigenvalue weighted by Gasteiger charge is 2.67. The maximum Gasteiger partial charge on any atom is 0.169 e. The van der Waals surface area contributed by atoms with Crippen LogP contribution in [0.2, 0.25) is 0 Å². The quantitative estimate of drug-likeness (QED) is 0.750. The monoisotopic (exact) mass is 347 g/mol. The molecule has 3 aliphatic heterocycles. The molecule has 1 aliphatic carbocycles. The molecule has 2 saturated heterocycles. The van der Waals surface area contributed by atoms with Crippen molar-refractivity contribution in [2.45, 2.75) is 49.5 Å². The van der Waals surface area contributed by atoms with Gasteiger partial charge in [-0.1, -0.05) is 55.0 Å². The predicted molar refractivity (Wildman–Crippen MR) is 99.9 cm³/mol. The largest absolute Gasteiger partial charge is 0.472 e. The number of ether oxygens (including phenoxy) is 2. The van der Waals surface area contributed by atoms with Gasteiger partial charge in [-0.2, -0.15) is 0 Å². The van der Waals surface area contributed by atoms with E-state index in [1.165, 1.54) is 30.4 Å². The number of para-hydroxylation sites is 1. The van der Waals surface area contributed by atoms with Crippen molar-refractivity contribution in [2.24, 2.45) is 5.92 Å². The van der Waals surface area contributed by atoms with Crippen LogP contribution in [0.3, 0.4) is 0 Å². The Morgan fingerprint density at radius 2 is 1.81 bits per heavy atom. The molecule has 4 atom stereocenters. The molecule has 0 radical (unpaired) electrons. The third-order valence-electron chi connectivity index (χ3n) is 7.23. The molecule has 1 saturated carbocycles. The Balaban J connectivity index is 1.59. The van der Waals surface area contributed by atoms with E-state index in [0.29, 0.717) is 11.8 Å². The zero-order chi connectivity index (χ0) is 17.2. The summed E-state index contributed by atoms with van der Waals surface area (Å²) >= 11 is 0. The summed E-state index contributed by atoms with van der Waals surface area (Å²) in [5, 5.41) is 0. The standard InChI is InChI=1S/C23H25NO2/c1-2-8-17(9-3-1)18-16-23-20-11-4-5-12-21(20)26-22(24(23)14-15-25-23)13-7-6-10-19(18)22/h1-5,8-9,11-12,18-19H,6-7,10,13-16H2/t18-,19-,22-,23-/m0/s1. The Morgan fingerprint density at radius 1 is 0.962 bits per heavy atom. The molecule has 0 N–H and O–H groups in total. The molecule has 3 fully saturated rings. The second kappa shape index (κ2) is 5.34. The lowest BCUT2D eigenvalue weighted by Gasteiger charge is -2.63. The summed E-state index contributed by atoms with van der Waals surface area (Å²) < 4.78 is 13.5. The number of piperidine rings is 1. The number of hydrogen-bond donors (Lipinski definition) is 0. The Morgan fingerprint density at radius 3 is 2.73 bits per heavy atom. The third kappa shape index (κ3) is 1.80. The van der Waals surface area contributed by atoms with Crippen LogP contribution >= 0.6 is 0 Å². The molecular weight excluding hydrogens is 322 g/mol. The number of nitrogens with zero attached hydrogens (tertiary/aromatic N) is 1. The molecule has 3 heteroatoms. The molecule has 0 aromatic heterocycles. The van der Waals surface area contributed by atoms with Gasteiger partial charge in [0.25, 0.3) is 0 Å². The summed E-state index contributed by atoms with van der Waals surface area (Å²) in [5.74, 6) is 2.06. The summed E-state index contributed by atoms with van der Waals surface area (Å²) in [6, 6.07) is 19.7. The van der Waals surface area contributed by atoms with Gasteiger partial charge in [-0.05, 0) is 30.4 Å². The van der Waals surface area contributed by atoms with Crippen molar-refractivity contribution < 1.29 is 9.47 Å². The van der Waals surface area contributed by atoms with Crippen molar-refractivity contribution in [2.75, 3.05) is 13.2 Å². The summed E-state index contributed by atoms with van der Waals surface area (Å²) in [7, 11) is 0. The van der Waals surface area contributed by atoms with Gasteiger partial charge in [0.1, 0.15) is 5.75 Å². The SMILES string of the molecule is c1ccc([C@@H]2C[C@@]34OCCN3[C@@]3(CCCC[C@@H]23)Oc2ccccc24)cc1. The summed E-state index contributed by atoms with van der Waals surface area (Å²) in [6.45, 7) is 1.78. The van der Waals surface area contributed by atoms with Gasteiger partial charge in [0.2, 0.25) is 0 Å². The molecule has 2 bridgehead atoms. The Bertz CT molecular complexity index is 837. The highest BCUT2D eigenvalue weighted by molar-refractivity contribution is 5.44. The van der Waals surface area contributed by atoms with Crippen molar-refractivity contribution in [3.8, 4) is 5.75 Å². The molecule has 6 rings (SSSR count). The van der Waals surface area contributed by atoms with E-state index in [4.69, 9.17) is 9.47 Å². The van der Waals surface area contributed by atoms with E-state index in [9.17, 15) is 0 Å². The van der Waals surface area contributed by atoms with Crippen LogP contribution in [0.25, 0.3) is 0 Å². The van der Waals surface area contributed by atoms with Crippen LogP contribution in [0.1, 0.15) is 49.1 Å². The van der Waals surface area contributed by atoms with Crippen LogP contribution in [-0.2, 0) is 10.5 Å². The van der Waals surface area contributed by atoms with Crippen molar-refractivity contribution in [1.29, 1.82) is 0 Å². The first-order valence-corrected chi connectivity index (χ1v) is 10.1. The second-order valence-corrected chi connectivity index (χ2v) is 8.30. The van der Waals surface area contributed by atoms with E-state index in [1.54, 1.807) is 0 Å². The number of rotatable bonds is 1. The molecule has 2 aromatic rings. The highest BCUT2D eigenvalue weighted by atomic mass is 16.6. The summed E-state index contributed by atoms with van der Waals surface area (Å²) in [6.07, 6.45) is 5.94. The van der Waals surface area contributed by atoms with Crippen LogP contribution in [-0.4, -0.2) is 23.8 Å². The van der Waals surface area contributed by atoms with Gasteiger partial charge < -0.3 is 9.47 Å². The summed E-state index contributed by atoms with van der Waals surface area (Å²) in [5.41, 5.74) is 2.15. The zero-order valence-corrected chi connectivity index (χ0v) is 15.1. The second-order valence-electron chi connectivity index (χ2n) is 8.30. The molecule has 4 aliphatic rings. The first-order valence-electron chi connectivity index (χ1n) is 10.1. The average molecular weight is 347 g/mol. The predicted octanol–water partition coefficient (Wildman–Crippen LogP) is 4.64. The normalized spacial score (nSPS) is 38.0. The van der Waals surface area contributed by atoms with Gasteiger partial charge >= 0.3 is 0 Å². The number of hydrogen-bond acceptors (Lipinski definition) is 3. The minimum absolute atomic E-state index is 0.206. The molecule has 2 aromatic carbocycles. The van der Waals surface area contributed by atoms with Gasteiger partial charge in [0, 0.05) is 30.9 Å². The van der Waals surface area contributed by atoms with Crippen LogP contribution in [0.15, 0.2) is 54.6 Å². The van der Waals surface area contributed by atoms with Crippen molar-refractivity contribution >= 4 is 0 Å². The topological polar surface area (TPSA) is 21.7 Å².